The molecule has 0 saturated heterocycles. The van der Waals surface area contributed by atoms with Gasteiger partial charge in [0, 0.05) is 17.5 Å². The van der Waals surface area contributed by atoms with Gasteiger partial charge in [-0.25, -0.2) is 4.74 Å². The Morgan fingerprint density at radius 3 is 2.28 bits per heavy atom. The van der Waals surface area contributed by atoms with Gasteiger partial charge in [-0.1, -0.05) is 61.1 Å². The standard InChI is InChI=1S/C23H23NO/c25-24-21(15-9-12-19-10-3-1-4-11-19)18-23(16-7-8-17-23)22(24)20-13-5-2-6-14-20/h1-6,10-11,13-14,21H,7-8,15-18H2. The molecule has 1 unspecified atom stereocenters. The minimum absolute atomic E-state index is 0.0236. The Balaban J connectivity index is 1.62. The van der Waals surface area contributed by atoms with Crippen LogP contribution in [0.1, 0.15) is 49.7 Å². The second-order valence-corrected chi connectivity index (χ2v) is 7.26. The highest BCUT2D eigenvalue weighted by Gasteiger charge is 2.52. The van der Waals surface area contributed by atoms with E-state index in [0.29, 0.717) is 6.42 Å². The predicted molar refractivity (Wildman–Crippen MR) is 101 cm³/mol. The van der Waals surface area contributed by atoms with E-state index in [1.807, 2.05) is 48.5 Å². The summed E-state index contributed by atoms with van der Waals surface area (Å²) in [5, 5.41) is 13.1. The smallest absolute Gasteiger partial charge is 0.201 e. The highest BCUT2D eigenvalue weighted by molar-refractivity contribution is 6.02. The van der Waals surface area contributed by atoms with Gasteiger partial charge in [0.2, 0.25) is 5.71 Å². The first-order chi connectivity index (χ1) is 12.3. The van der Waals surface area contributed by atoms with Crippen LogP contribution in [0.15, 0.2) is 60.7 Å². The Kier molecular flexibility index (Phi) is 4.32. The van der Waals surface area contributed by atoms with Crippen LogP contribution in [0.2, 0.25) is 0 Å². The molecule has 2 nitrogen and oxygen atoms in total. The molecule has 4 rings (SSSR count). The normalized spacial score (nSPS) is 21.4. The van der Waals surface area contributed by atoms with Gasteiger partial charge in [-0.05, 0) is 37.1 Å². The van der Waals surface area contributed by atoms with Crippen molar-refractivity contribution in [3.63, 3.8) is 0 Å². The van der Waals surface area contributed by atoms with Crippen molar-refractivity contribution in [3.8, 4) is 11.8 Å². The van der Waals surface area contributed by atoms with Crippen molar-refractivity contribution in [1.82, 2.24) is 0 Å². The fourth-order valence-electron chi connectivity index (χ4n) is 4.52. The summed E-state index contributed by atoms with van der Waals surface area (Å²) in [7, 11) is 0. The second-order valence-electron chi connectivity index (χ2n) is 7.26. The molecule has 1 atom stereocenters. The lowest BCUT2D eigenvalue weighted by molar-refractivity contribution is -0.490. The molecule has 0 amide bonds. The highest BCUT2D eigenvalue weighted by atomic mass is 16.5. The summed E-state index contributed by atoms with van der Waals surface area (Å²) in [6, 6.07) is 20.2. The van der Waals surface area contributed by atoms with Crippen molar-refractivity contribution in [2.24, 2.45) is 5.41 Å². The molecule has 25 heavy (non-hydrogen) atoms. The molecule has 0 bridgehead atoms. The van der Waals surface area contributed by atoms with E-state index in [1.54, 1.807) is 0 Å². The van der Waals surface area contributed by atoms with E-state index >= 15 is 0 Å². The number of benzene rings is 2. The zero-order chi connectivity index (χ0) is 17.1. The molecule has 2 heteroatoms. The molecule has 2 aromatic carbocycles. The van der Waals surface area contributed by atoms with Crippen LogP contribution in [-0.4, -0.2) is 16.5 Å². The molecular weight excluding hydrogens is 306 g/mol. The van der Waals surface area contributed by atoms with Gasteiger partial charge in [0.15, 0.2) is 6.04 Å². The third-order valence-corrected chi connectivity index (χ3v) is 5.63. The van der Waals surface area contributed by atoms with Crippen molar-refractivity contribution in [1.29, 1.82) is 0 Å². The maximum absolute atomic E-state index is 13.1. The van der Waals surface area contributed by atoms with E-state index in [2.05, 4.69) is 24.0 Å². The number of hydrogen-bond donors (Lipinski definition) is 0. The van der Waals surface area contributed by atoms with Crippen LogP contribution >= 0.6 is 0 Å². The van der Waals surface area contributed by atoms with Crippen molar-refractivity contribution in [3.05, 3.63) is 77.0 Å². The van der Waals surface area contributed by atoms with Crippen LogP contribution in [0.5, 0.6) is 0 Å². The van der Waals surface area contributed by atoms with Crippen molar-refractivity contribution >= 4 is 5.71 Å². The molecule has 1 heterocycles. The Morgan fingerprint density at radius 2 is 1.60 bits per heavy atom. The van der Waals surface area contributed by atoms with E-state index in [-0.39, 0.29) is 11.5 Å². The molecule has 2 aromatic rings. The Morgan fingerprint density at radius 1 is 0.960 bits per heavy atom. The quantitative estimate of drug-likeness (QED) is 0.443. The van der Waals surface area contributed by atoms with Gasteiger partial charge < -0.3 is 5.21 Å². The van der Waals surface area contributed by atoms with E-state index < -0.39 is 0 Å². The van der Waals surface area contributed by atoms with Crippen molar-refractivity contribution in [2.75, 3.05) is 0 Å². The third-order valence-electron chi connectivity index (χ3n) is 5.63. The lowest BCUT2D eigenvalue weighted by atomic mass is 9.76. The van der Waals surface area contributed by atoms with Gasteiger partial charge in [-0.3, -0.25) is 0 Å². The Bertz CT molecular complexity index is 821. The molecule has 0 N–H and O–H groups in total. The maximum atomic E-state index is 13.1. The van der Waals surface area contributed by atoms with Crippen LogP contribution in [0.4, 0.5) is 0 Å². The molecule has 2 aliphatic rings. The third kappa shape index (κ3) is 3.07. The van der Waals surface area contributed by atoms with E-state index in [0.717, 1.165) is 36.1 Å². The van der Waals surface area contributed by atoms with E-state index in [1.165, 1.54) is 17.6 Å². The minimum Gasteiger partial charge on any atom is -0.623 e. The van der Waals surface area contributed by atoms with E-state index in [4.69, 9.17) is 0 Å². The summed E-state index contributed by atoms with van der Waals surface area (Å²) < 4.78 is 1.29. The molecule has 1 aliphatic heterocycles. The first-order valence-corrected chi connectivity index (χ1v) is 9.22. The lowest BCUT2D eigenvalue weighted by Crippen LogP contribution is -2.27. The van der Waals surface area contributed by atoms with Gasteiger partial charge in [-0.15, -0.1) is 0 Å². The fraction of sp³-hybridized carbons (Fsp3) is 0.348. The van der Waals surface area contributed by atoms with Crippen LogP contribution in [0, 0.1) is 22.5 Å². The SMILES string of the molecule is [O-][N+]1=C(c2ccccc2)C2(CCCC2)CC1CC#Cc1ccccc1. The van der Waals surface area contributed by atoms with Crippen molar-refractivity contribution < 1.29 is 4.74 Å². The van der Waals surface area contributed by atoms with Crippen molar-refractivity contribution in [2.45, 2.75) is 44.6 Å². The van der Waals surface area contributed by atoms with Crippen LogP contribution in [-0.2, 0) is 0 Å². The topological polar surface area (TPSA) is 26.1 Å². The van der Waals surface area contributed by atoms with Gasteiger partial charge in [0.1, 0.15) is 0 Å². The second kappa shape index (κ2) is 6.76. The van der Waals surface area contributed by atoms with Crippen LogP contribution in [0.25, 0.3) is 0 Å². The monoisotopic (exact) mass is 329 g/mol. The number of rotatable bonds is 2. The summed E-state index contributed by atoms with van der Waals surface area (Å²) in [5.74, 6) is 6.45. The van der Waals surface area contributed by atoms with E-state index in [9.17, 15) is 5.21 Å². The molecule has 0 aromatic heterocycles. The summed E-state index contributed by atoms with van der Waals surface area (Å²) in [6.45, 7) is 0. The summed E-state index contributed by atoms with van der Waals surface area (Å²) in [6.07, 6.45) is 6.32. The molecule has 1 spiro atoms. The fourth-order valence-corrected chi connectivity index (χ4v) is 4.52. The maximum Gasteiger partial charge on any atom is 0.201 e. The molecule has 1 fully saturated rings. The van der Waals surface area contributed by atoms with Crippen LogP contribution in [0.3, 0.4) is 0 Å². The molecule has 1 aliphatic carbocycles. The lowest BCUT2D eigenvalue weighted by Gasteiger charge is -2.21. The number of hydroxylamine groups is 1. The van der Waals surface area contributed by atoms with Gasteiger partial charge in [0.05, 0.1) is 11.8 Å². The minimum atomic E-state index is -0.0236. The van der Waals surface area contributed by atoms with Gasteiger partial charge >= 0.3 is 0 Å². The van der Waals surface area contributed by atoms with Gasteiger partial charge in [0.25, 0.3) is 0 Å². The average molecular weight is 329 g/mol. The zero-order valence-electron chi connectivity index (χ0n) is 14.4. The largest absolute Gasteiger partial charge is 0.623 e. The first kappa shape index (κ1) is 16.0. The predicted octanol–water partition coefficient (Wildman–Crippen LogP) is 4.76. The first-order valence-electron chi connectivity index (χ1n) is 9.22. The average Bonchev–Trinajstić information content (AvgIpc) is 3.22. The zero-order valence-corrected chi connectivity index (χ0v) is 14.4. The summed E-state index contributed by atoms with van der Waals surface area (Å²) in [5.41, 5.74) is 3.19. The van der Waals surface area contributed by atoms with Crippen LogP contribution < -0.4 is 0 Å². The number of hydrogen-bond acceptors (Lipinski definition) is 1. The Hall–Kier alpha value is -2.53. The molecular formula is C23H23NO. The summed E-state index contributed by atoms with van der Waals surface area (Å²) >= 11 is 0. The number of nitrogens with zero attached hydrogens (tertiary/aromatic N) is 1. The molecule has 1 saturated carbocycles. The molecule has 126 valence electrons. The Labute approximate surface area is 149 Å². The molecule has 0 radical (unpaired) electrons. The highest BCUT2D eigenvalue weighted by Crippen LogP contribution is 2.48. The summed E-state index contributed by atoms with van der Waals surface area (Å²) in [4.78, 5) is 0. The van der Waals surface area contributed by atoms with Gasteiger partial charge in [-0.2, -0.15) is 0 Å².